The zero-order valence-electron chi connectivity index (χ0n) is 13.8. The van der Waals surface area contributed by atoms with Gasteiger partial charge < -0.3 is 25.6 Å². The minimum absolute atomic E-state index is 0.0446. The maximum atomic E-state index is 13.7. The second kappa shape index (κ2) is 6.64. The maximum Gasteiger partial charge on any atom is 0.146 e. The molecule has 2 aromatic carbocycles. The van der Waals surface area contributed by atoms with Crippen molar-refractivity contribution < 1.29 is 19.0 Å². The average Bonchev–Trinajstić information content (AvgIpc) is 3.10. The van der Waals surface area contributed by atoms with Gasteiger partial charge in [-0.3, -0.25) is 0 Å². The summed E-state index contributed by atoms with van der Waals surface area (Å²) in [5.74, 6) is 0.262. The van der Waals surface area contributed by atoms with E-state index in [1.165, 1.54) is 24.5 Å². The predicted octanol–water partition coefficient (Wildman–Crippen LogP) is 2.97. The Morgan fingerprint density at radius 1 is 1.27 bits per heavy atom. The largest absolute Gasteiger partial charge is 0.507 e. The number of ether oxygens (including phenoxy) is 2. The fourth-order valence-electron chi connectivity index (χ4n) is 2.90. The zero-order valence-corrected chi connectivity index (χ0v) is 13.8. The van der Waals surface area contributed by atoms with E-state index in [4.69, 9.17) is 15.2 Å². The van der Waals surface area contributed by atoms with Crippen LogP contribution in [0.5, 0.6) is 11.5 Å². The lowest BCUT2D eigenvalue weighted by molar-refractivity contribution is 0.141. The van der Waals surface area contributed by atoms with Crippen LogP contribution in [0.2, 0.25) is 0 Å². The van der Waals surface area contributed by atoms with Gasteiger partial charge in [-0.25, -0.2) is 14.4 Å². The Hall–Kier alpha value is -3.13. The summed E-state index contributed by atoms with van der Waals surface area (Å²) in [6, 6.07) is 7.25. The maximum absolute atomic E-state index is 13.7. The Labute approximate surface area is 148 Å². The van der Waals surface area contributed by atoms with E-state index in [2.05, 4.69) is 15.3 Å². The van der Waals surface area contributed by atoms with Gasteiger partial charge in [0.1, 0.15) is 35.6 Å². The van der Waals surface area contributed by atoms with Gasteiger partial charge in [-0.15, -0.1) is 0 Å². The summed E-state index contributed by atoms with van der Waals surface area (Å²) in [6.45, 7) is 1.08. The van der Waals surface area contributed by atoms with Crippen molar-refractivity contribution in [3.05, 3.63) is 42.5 Å². The summed E-state index contributed by atoms with van der Waals surface area (Å²) >= 11 is 0. The predicted molar refractivity (Wildman–Crippen MR) is 95.1 cm³/mol. The molecule has 1 atom stereocenters. The van der Waals surface area contributed by atoms with Crippen molar-refractivity contribution in [1.82, 2.24) is 9.97 Å². The van der Waals surface area contributed by atoms with E-state index in [9.17, 15) is 9.50 Å². The summed E-state index contributed by atoms with van der Waals surface area (Å²) in [7, 11) is 0. The van der Waals surface area contributed by atoms with Crippen molar-refractivity contribution in [2.45, 2.75) is 12.5 Å². The molecule has 8 heteroatoms. The number of anilines is 3. The number of nitrogen functional groups attached to an aromatic ring is 1. The lowest BCUT2D eigenvalue weighted by Crippen LogP contribution is -2.16. The SMILES string of the molecule is Nc1cc(O)c2c(Nc3ccc(F)cc3OC3CCOC3)ncnc2c1. The van der Waals surface area contributed by atoms with Crippen LogP contribution in [0.1, 0.15) is 6.42 Å². The number of benzene rings is 2. The van der Waals surface area contributed by atoms with Crippen LogP contribution in [-0.4, -0.2) is 34.4 Å². The molecule has 0 amide bonds. The molecule has 1 aliphatic rings. The number of nitrogens with zero attached hydrogens (tertiary/aromatic N) is 2. The van der Waals surface area contributed by atoms with Crippen LogP contribution in [0.25, 0.3) is 10.9 Å². The van der Waals surface area contributed by atoms with E-state index in [-0.39, 0.29) is 11.9 Å². The van der Waals surface area contributed by atoms with Crippen LogP contribution in [0.4, 0.5) is 21.6 Å². The van der Waals surface area contributed by atoms with E-state index < -0.39 is 5.82 Å². The fraction of sp³-hybridized carbons (Fsp3) is 0.222. The summed E-state index contributed by atoms with van der Waals surface area (Å²) < 4.78 is 24.9. The third kappa shape index (κ3) is 3.18. The molecule has 1 unspecified atom stereocenters. The molecular weight excluding hydrogens is 339 g/mol. The molecule has 1 saturated heterocycles. The normalized spacial score (nSPS) is 16.7. The lowest BCUT2D eigenvalue weighted by atomic mass is 10.2. The second-order valence-electron chi connectivity index (χ2n) is 6.03. The molecule has 1 fully saturated rings. The Morgan fingerprint density at radius 3 is 2.96 bits per heavy atom. The molecule has 134 valence electrons. The third-order valence-corrected chi connectivity index (χ3v) is 4.12. The van der Waals surface area contributed by atoms with E-state index >= 15 is 0 Å². The van der Waals surface area contributed by atoms with Gasteiger partial charge in [0.15, 0.2) is 0 Å². The first-order valence-electron chi connectivity index (χ1n) is 8.14. The number of halogens is 1. The van der Waals surface area contributed by atoms with Crippen molar-refractivity contribution in [3.8, 4) is 11.5 Å². The highest BCUT2D eigenvalue weighted by Crippen LogP contribution is 2.35. The summed E-state index contributed by atoms with van der Waals surface area (Å²) in [5.41, 5.74) is 7.16. The van der Waals surface area contributed by atoms with Crippen LogP contribution in [-0.2, 0) is 4.74 Å². The van der Waals surface area contributed by atoms with Crippen LogP contribution in [0.15, 0.2) is 36.7 Å². The fourth-order valence-corrected chi connectivity index (χ4v) is 2.90. The number of phenols is 1. The zero-order chi connectivity index (χ0) is 18.1. The first kappa shape index (κ1) is 16.3. The molecular formula is C18H17FN4O3. The average molecular weight is 356 g/mol. The Morgan fingerprint density at radius 2 is 2.15 bits per heavy atom. The molecule has 7 nitrogen and oxygen atoms in total. The standard InChI is InChI=1S/C18H17FN4O3/c19-10-1-2-13(16(5-10)26-12-3-4-25-8-12)23-18-17-14(21-9-22-18)6-11(20)7-15(17)24/h1-2,5-7,9,12,24H,3-4,8,20H2,(H,21,22,23). The molecule has 4 N–H and O–H groups in total. The van der Waals surface area contributed by atoms with Crippen LogP contribution < -0.4 is 15.8 Å². The van der Waals surface area contributed by atoms with Gasteiger partial charge in [0.05, 0.1) is 29.8 Å². The number of rotatable bonds is 4. The molecule has 0 saturated carbocycles. The lowest BCUT2D eigenvalue weighted by Gasteiger charge is -2.17. The molecule has 4 rings (SSSR count). The number of fused-ring (bicyclic) bond motifs is 1. The minimum atomic E-state index is -0.410. The van der Waals surface area contributed by atoms with Crippen molar-refractivity contribution in [3.63, 3.8) is 0 Å². The second-order valence-corrected chi connectivity index (χ2v) is 6.03. The molecule has 0 aliphatic carbocycles. The molecule has 0 spiro atoms. The molecule has 2 heterocycles. The number of hydrogen-bond acceptors (Lipinski definition) is 7. The van der Waals surface area contributed by atoms with Crippen LogP contribution >= 0.6 is 0 Å². The number of nitrogens with one attached hydrogen (secondary N) is 1. The highest BCUT2D eigenvalue weighted by molar-refractivity contribution is 5.97. The van der Waals surface area contributed by atoms with E-state index in [0.29, 0.717) is 47.1 Å². The molecule has 0 radical (unpaired) electrons. The smallest absolute Gasteiger partial charge is 0.146 e. The number of hydrogen-bond donors (Lipinski definition) is 3. The highest BCUT2D eigenvalue weighted by Gasteiger charge is 2.20. The Bertz CT molecular complexity index is 961. The summed E-state index contributed by atoms with van der Waals surface area (Å²) in [4.78, 5) is 8.32. The Balaban J connectivity index is 1.72. The van der Waals surface area contributed by atoms with E-state index in [1.807, 2.05) is 0 Å². The summed E-state index contributed by atoms with van der Waals surface area (Å²) in [5, 5.41) is 13.8. The van der Waals surface area contributed by atoms with Crippen molar-refractivity contribution in [1.29, 1.82) is 0 Å². The monoisotopic (exact) mass is 356 g/mol. The molecule has 0 bridgehead atoms. The van der Waals surface area contributed by atoms with Gasteiger partial charge in [0.25, 0.3) is 0 Å². The Kier molecular flexibility index (Phi) is 4.18. The quantitative estimate of drug-likeness (QED) is 0.618. The summed E-state index contributed by atoms with van der Waals surface area (Å²) in [6.07, 6.45) is 1.97. The van der Waals surface area contributed by atoms with Gasteiger partial charge in [-0.05, 0) is 18.2 Å². The van der Waals surface area contributed by atoms with Crippen LogP contribution in [0, 0.1) is 5.82 Å². The number of phenolic OH excluding ortho intramolecular Hbond substituents is 1. The van der Waals surface area contributed by atoms with Gasteiger partial charge in [-0.2, -0.15) is 0 Å². The first-order chi connectivity index (χ1) is 12.6. The minimum Gasteiger partial charge on any atom is -0.507 e. The van der Waals surface area contributed by atoms with Crippen LogP contribution in [0.3, 0.4) is 0 Å². The van der Waals surface area contributed by atoms with Gasteiger partial charge in [0, 0.05) is 24.2 Å². The van der Waals surface area contributed by atoms with Gasteiger partial charge in [-0.1, -0.05) is 0 Å². The van der Waals surface area contributed by atoms with Gasteiger partial charge in [0.2, 0.25) is 0 Å². The highest BCUT2D eigenvalue weighted by atomic mass is 19.1. The van der Waals surface area contributed by atoms with E-state index in [0.717, 1.165) is 6.42 Å². The number of aromatic hydroxyl groups is 1. The topological polar surface area (TPSA) is 103 Å². The van der Waals surface area contributed by atoms with E-state index in [1.54, 1.807) is 12.1 Å². The van der Waals surface area contributed by atoms with Crippen molar-refractivity contribution in [2.75, 3.05) is 24.3 Å². The van der Waals surface area contributed by atoms with Crippen molar-refractivity contribution >= 4 is 28.1 Å². The molecule has 1 aliphatic heterocycles. The van der Waals surface area contributed by atoms with Gasteiger partial charge >= 0.3 is 0 Å². The molecule has 1 aromatic heterocycles. The first-order valence-corrected chi connectivity index (χ1v) is 8.14. The van der Waals surface area contributed by atoms with Crippen molar-refractivity contribution in [2.24, 2.45) is 0 Å². The molecule has 3 aromatic rings. The molecule has 26 heavy (non-hydrogen) atoms. The number of aromatic nitrogens is 2. The number of nitrogens with two attached hydrogens (primary N) is 1. The third-order valence-electron chi connectivity index (χ3n) is 4.12.